The highest BCUT2D eigenvalue weighted by Gasteiger charge is 2.37. The van der Waals surface area contributed by atoms with Crippen LogP contribution in [0.15, 0.2) is 53.6 Å². The molecule has 1 aliphatic rings. The SMILES string of the molecule is COc1ccc(C2=NN(c3cccc(F)c3)C(=O)C(C(=O)O)C2)cc1. The number of carboxylic acid groups (broad SMARTS) is 1. The Morgan fingerprint density at radius 2 is 2.00 bits per heavy atom. The van der Waals surface area contributed by atoms with Crippen molar-refractivity contribution in [2.75, 3.05) is 12.1 Å². The Bertz CT molecular complexity index is 848. The number of anilines is 1. The van der Waals surface area contributed by atoms with E-state index < -0.39 is 23.6 Å². The van der Waals surface area contributed by atoms with Crippen LogP contribution < -0.4 is 9.75 Å². The van der Waals surface area contributed by atoms with Crippen LogP contribution in [0.5, 0.6) is 5.75 Å². The number of halogens is 1. The fourth-order valence-corrected chi connectivity index (χ4v) is 2.58. The van der Waals surface area contributed by atoms with E-state index in [0.717, 1.165) is 11.1 Å². The molecule has 1 atom stereocenters. The van der Waals surface area contributed by atoms with Gasteiger partial charge in [-0.25, -0.2) is 4.39 Å². The van der Waals surface area contributed by atoms with E-state index in [1.54, 1.807) is 24.3 Å². The van der Waals surface area contributed by atoms with Gasteiger partial charge < -0.3 is 9.84 Å². The molecule has 1 amide bonds. The highest BCUT2D eigenvalue weighted by atomic mass is 19.1. The Hall–Kier alpha value is -3.22. The third-order valence-electron chi connectivity index (χ3n) is 3.90. The quantitative estimate of drug-likeness (QED) is 0.867. The number of methoxy groups -OCH3 is 1. The van der Waals surface area contributed by atoms with E-state index >= 15 is 0 Å². The second kappa shape index (κ2) is 6.72. The zero-order valence-electron chi connectivity index (χ0n) is 13.3. The standard InChI is InChI=1S/C18H15FN2O4/c1-25-14-7-5-11(6-8-14)16-10-15(18(23)24)17(22)21(20-16)13-4-2-3-12(19)9-13/h2-9,15H,10H2,1H3,(H,23,24). The van der Waals surface area contributed by atoms with Crippen LogP contribution in [0.25, 0.3) is 0 Å². The van der Waals surface area contributed by atoms with Gasteiger partial charge in [-0.15, -0.1) is 0 Å². The van der Waals surface area contributed by atoms with Gasteiger partial charge in [-0.05, 0) is 48.0 Å². The van der Waals surface area contributed by atoms with Crippen LogP contribution in [0.4, 0.5) is 10.1 Å². The van der Waals surface area contributed by atoms with Crippen molar-refractivity contribution < 1.29 is 23.8 Å². The molecule has 2 aromatic carbocycles. The molecule has 6 nitrogen and oxygen atoms in total. The maximum absolute atomic E-state index is 13.5. The van der Waals surface area contributed by atoms with Crippen LogP contribution in [-0.2, 0) is 9.59 Å². The van der Waals surface area contributed by atoms with Gasteiger partial charge in [0.15, 0.2) is 0 Å². The number of carbonyl (C=O) groups excluding carboxylic acids is 1. The third kappa shape index (κ3) is 3.35. The molecule has 0 fully saturated rings. The number of carboxylic acids is 1. The lowest BCUT2D eigenvalue weighted by Gasteiger charge is -2.27. The molecule has 0 saturated carbocycles. The Kier molecular flexibility index (Phi) is 4.47. The van der Waals surface area contributed by atoms with Crippen LogP contribution in [0.2, 0.25) is 0 Å². The third-order valence-corrected chi connectivity index (χ3v) is 3.90. The molecule has 3 rings (SSSR count). The topological polar surface area (TPSA) is 79.2 Å². The van der Waals surface area contributed by atoms with E-state index in [0.29, 0.717) is 17.0 Å². The molecule has 1 heterocycles. The van der Waals surface area contributed by atoms with Crippen LogP contribution in [-0.4, -0.2) is 29.8 Å². The van der Waals surface area contributed by atoms with E-state index in [2.05, 4.69) is 5.10 Å². The van der Waals surface area contributed by atoms with Crippen LogP contribution >= 0.6 is 0 Å². The van der Waals surface area contributed by atoms with Gasteiger partial charge in [0.25, 0.3) is 5.91 Å². The van der Waals surface area contributed by atoms with Crippen molar-refractivity contribution in [2.45, 2.75) is 6.42 Å². The number of rotatable bonds is 4. The minimum absolute atomic E-state index is 0.0354. The first-order chi connectivity index (χ1) is 12.0. The summed E-state index contributed by atoms with van der Waals surface area (Å²) in [5.74, 6) is -3.11. The molecule has 0 aromatic heterocycles. The van der Waals surface area contributed by atoms with Gasteiger partial charge in [0.2, 0.25) is 0 Å². The summed E-state index contributed by atoms with van der Waals surface area (Å²) in [4.78, 5) is 23.9. The monoisotopic (exact) mass is 342 g/mol. The number of benzene rings is 2. The van der Waals surface area contributed by atoms with E-state index in [1.165, 1.54) is 25.3 Å². The van der Waals surface area contributed by atoms with E-state index in [1.807, 2.05) is 0 Å². The van der Waals surface area contributed by atoms with Crippen molar-refractivity contribution in [1.29, 1.82) is 0 Å². The molecule has 25 heavy (non-hydrogen) atoms. The van der Waals surface area contributed by atoms with Crippen LogP contribution in [0.1, 0.15) is 12.0 Å². The molecule has 1 unspecified atom stereocenters. The van der Waals surface area contributed by atoms with Gasteiger partial charge in [-0.2, -0.15) is 10.1 Å². The van der Waals surface area contributed by atoms with Gasteiger partial charge in [0, 0.05) is 6.42 Å². The van der Waals surface area contributed by atoms with Gasteiger partial charge in [-0.1, -0.05) is 6.07 Å². The second-order valence-electron chi connectivity index (χ2n) is 5.50. The summed E-state index contributed by atoms with van der Waals surface area (Å²) < 4.78 is 18.6. The molecular weight excluding hydrogens is 327 g/mol. The maximum atomic E-state index is 13.5. The predicted octanol–water partition coefficient (Wildman–Crippen LogP) is 2.68. The molecule has 0 aliphatic carbocycles. The predicted molar refractivity (Wildman–Crippen MR) is 89.2 cm³/mol. The number of ether oxygens (including phenoxy) is 1. The molecule has 1 N–H and O–H groups in total. The molecular formula is C18H15FN2O4. The normalized spacial score (nSPS) is 17.2. The Balaban J connectivity index is 2.05. The maximum Gasteiger partial charge on any atom is 0.316 e. The average molecular weight is 342 g/mol. The van der Waals surface area contributed by atoms with Gasteiger partial charge in [0.05, 0.1) is 18.5 Å². The fourth-order valence-electron chi connectivity index (χ4n) is 2.58. The molecule has 1 aliphatic heterocycles. The van der Waals surface area contributed by atoms with Crippen molar-refractivity contribution in [3.05, 3.63) is 59.9 Å². The van der Waals surface area contributed by atoms with Gasteiger partial charge >= 0.3 is 5.97 Å². The number of carbonyl (C=O) groups is 2. The number of nitrogens with zero attached hydrogens (tertiary/aromatic N) is 2. The summed E-state index contributed by atoms with van der Waals surface area (Å²) in [7, 11) is 1.54. The lowest BCUT2D eigenvalue weighted by molar-refractivity contribution is -0.146. The summed E-state index contributed by atoms with van der Waals surface area (Å²) in [6.45, 7) is 0. The average Bonchev–Trinajstić information content (AvgIpc) is 2.62. The number of hydrogen-bond donors (Lipinski definition) is 1. The van der Waals surface area contributed by atoms with E-state index in [9.17, 15) is 19.1 Å². The van der Waals surface area contributed by atoms with Crippen molar-refractivity contribution in [2.24, 2.45) is 11.0 Å². The largest absolute Gasteiger partial charge is 0.497 e. The van der Waals surface area contributed by atoms with Crippen molar-refractivity contribution in [1.82, 2.24) is 0 Å². The summed E-state index contributed by atoms with van der Waals surface area (Å²) in [6.07, 6.45) is -0.0354. The van der Waals surface area contributed by atoms with E-state index in [4.69, 9.17) is 4.74 Å². The first-order valence-corrected chi connectivity index (χ1v) is 7.54. The Labute approximate surface area is 143 Å². The van der Waals surface area contributed by atoms with E-state index in [-0.39, 0.29) is 12.1 Å². The zero-order valence-corrected chi connectivity index (χ0v) is 13.3. The lowest BCUT2D eigenvalue weighted by atomic mass is 9.95. The fraction of sp³-hybridized carbons (Fsp3) is 0.167. The molecule has 0 spiro atoms. The second-order valence-corrected chi connectivity index (χ2v) is 5.50. The lowest BCUT2D eigenvalue weighted by Crippen LogP contribution is -2.42. The van der Waals surface area contributed by atoms with Crippen LogP contribution in [0.3, 0.4) is 0 Å². The first-order valence-electron chi connectivity index (χ1n) is 7.54. The Morgan fingerprint density at radius 3 is 2.60 bits per heavy atom. The molecule has 0 bridgehead atoms. The number of hydrogen-bond acceptors (Lipinski definition) is 4. The molecule has 128 valence electrons. The minimum Gasteiger partial charge on any atom is -0.497 e. The zero-order chi connectivity index (χ0) is 18.0. The molecule has 0 saturated heterocycles. The van der Waals surface area contributed by atoms with Gasteiger partial charge in [-0.3, -0.25) is 9.59 Å². The highest BCUT2D eigenvalue weighted by molar-refractivity contribution is 6.15. The number of aliphatic carboxylic acids is 1. The van der Waals surface area contributed by atoms with Crippen molar-refractivity contribution in [3.63, 3.8) is 0 Å². The van der Waals surface area contributed by atoms with Crippen molar-refractivity contribution >= 4 is 23.3 Å². The first kappa shape index (κ1) is 16.6. The summed E-state index contributed by atoms with van der Waals surface area (Å²) in [5.41, 5.74) is 1.28. The molecule has 2 aromatic rings. The number of hydrazone groups is 1. The highest BCUT2D eigenvalue weighted by Crippen LogP contribution is 2.27. The van der Waals surface area contributed by atoms with Crippen molar-refractivity contribution in [3.8, 4) is 5.75 Å². The van der Waals surface area contributed by atoms with Crippen LogP contribution in [0, 0.1) is 11.7 Å². The molecule has 7 heteroatoms. The summed E-state index contributed by atoms with van der Waals surface area (Å²) in [5, 5.41) is 14.6. The Morgan fingerprint density at radius 1 is 1.28 bits per heavy atom. The minimum atomic E-state index is -1.28. The molecule has 0 radical (unpaired) electrons. The van der Waals surface area contributed by atoms with Gasteiger partial charge in [0.1, 0.15) is 17.5 Å². The smallest absolute Gasteiger partial charge is 0.316 e. The number of amides is 1. The summed E-state index contributed by atoms with van der Waals surface area (Å²) >= 11 is 0. The summed E-state index contributed by atoms with van der Waals surface area (Å²) in [6, 6.07) is 12.2.